The number of ether oxygens (including phenoxy) is 2. The molecule has 6 nitrogen and oxygen atoms in total. The summed E-state index contributed by atoms with van der Waals surface area (Å²) in [7, 11) is 3.29. The molecule has 0 bridgehead atoms. The summed E-state index contributed by atoms with van der Waals surface area (Å²) < 4.78 is 10.9. The van der Waals surface area contributed by atoms with E-state index >= 15 is 0 Å². The average molecular weight is 520 g/mol. The Kier molecular flexibility index (Phi) is 6.43. The molecule has 2 heterocycles. The second-order valence-electron chi connectivity index (χ2n) is 9.00. The fourth-order valence-corrected chi connectivity index (χ4v) is 5.56. The molecule has 7 heteroatoms. The normalized spacial score (nSPS) is 18.2. The zero-order chi connectivity index (χ0) is 26.1. The molecule has 1 atom stereocenters. The largest absolute Gasteiger partial charge is 0.497 e. The van der Waals surface area contributed by atoms with Crippen LogP contribution in [0.2, 0.25) is 0 Å². The van der Waals surface area contributed by atoms with Crippen LogP contribution in [-0.2, 0) is 0 Å². The standard InChI is InChI=1S/C31H25N3O3S/c1-36-25-15-13-21(14-16-25)27-19-26(23-12-11-20-7-3-4-8-22(20)17-23)33-34(27)30-29(38-31(35)32-30)18-24-9-5-6-10-28(24)37-2/h3-18,27H,19H2,1-2H3/b29-18-. The predicted molar refractivity (Wildman–Crippen MR) is 154 cm³/mol. The van der Waals surface area contributed by atoms with Crippen LogP contribution < -0.4 is 9.47 Å². The van der Waals surface area contributed by atoms with E-state index in [0.29, 0.717) is 12.3 Å². The smallest absolute Gasteiger partial charge is 0.311 e. The molecule has 2 aliphatic heterocycles. The number of fused-ring (bicyclic) bond motifs is 1. The summed E-state index contributed by atoms with van der Waals surface area (Å²) in [5.74, 6) is 2.06. The van der Waals surface area contributed by atoms with Crippen molar-refractivity contribution in [3.05, 3.63) is 113 Å². The molecule has 0 N–H and O–H groups in total. The van der Waals surface area contributed by atoms with Crippen LogP contribution in [0.25, 0.3) is 16.8 Å². The van der Waals surface area contributed by atoms with Gasteiger partial charge in [0.2, 0.25) is 0 Å². The van der Waals surface area contributed by atoms with Gasteiger partial charge in [-0.15, -0.1) is 0 Å². The van der Waals surface area contributed by atoms with Crippen molar-refractivity contribution in [3.63, 3.8) is 0 Å². The van der Waals surface area contributed by atoms with E-state index in [-0.39, 0.29) is 11.3 Å². The highest BCUT2D eigenvalue weighted by Crippen LogP contribution is 2.40. The van der Waals surface area contributed by atoms with Crippen LogP contribution in [0.4, 0.5) is 4.79 Å². The first-order valence-corrected chi connectivity index (χ1v) is 13.1. The lowest BCUT2D eigenvalue weighted by molar-refractivity contribution is 0.267. The summed E-state index contributed by atoms with van der Waals surface area (Å²) in [6, 6.07) is 30.3. The lowest BCUT2D eigenvalue weighted by atomic mass is 9.97. The van der Waals surface area contributed by atoms with Gasteiger partial charge in [0.25, 0.3) is 0 Å². The minimum absolute atomic E-state index is 0.131. The van der Waals surface area contributed by atoms with Crippen molar-refractivity contribution in [2.24, 2.45) is 10.1 Å². The number of methoxy groups -OCH3 is 2. The van der Waals surface area contributed by atoms with E-state index < -0.39 is 0 Å². The number of carbonyl (C=O) groups excluding carboxylic acids is 1. The first kappa shape index (κ1) is 24.0. The van der Waals surface area contributed by atoms with E-state index in [2.05, 4.69) is 35.3 Å². The zero-order valence-corrected chi connectivity index (χ0v) is 21.8. The topological polar surface area (TPSA) is 63.5 Å². The summed E-state index contributed by atoms with van der Waals surface area (Å²) in [6.45, 7) is 0. The number of hydrogen-bond donors (Lipinski definition) is 0. The number of hydrogen-bond acceptors (Lipinski definition) is 6. The Balaban J connectivity index is 1.44. The van der Waals surface area contributed by atoms with E-state index in [0.717, 1.165) is 56.0 Å². The van der Waals surface area contributed by atoms with Gasteiger partial charge in [-0.25, -0.2) is 5.01 Å². The molecule has 0 radical (unpaired) electrons. The van der Waals surface area contributed by atoms with Crippen molar-refractivity contribution in [2.45, 2.75) is 12.5 Å². The average Bonchev–Trinajstić information content (AvgIpc) is 3.56. The van der Waals surface area contributed by atoms with Crippen LogP contribution in [0, 0.1) is 0 Å². The number of amidine groups is 1. The lowest BCUT2D eigenvalue weighted by Gasteiger charge is -2.24. The molecule has 4 aromatic carbocycles. The van der Waals surface area contributed by atoms with Gasteiger partial charge in [-0.1, -0.05) is 66.7 Å². The number of thioether (sulfide) groups is 1. The van der Waals surface area contributed by atoms with Crippen LogP contribution in [-0.4, -0.2) is 36.0 Å². The molecule has 0 fully saturated rings. The Morgan fingerprint density at radius 3 is 2.45 bits per heavy atom. The molecule has 2 aliphatic rings. The lowest BCUT2D eigenvalue weighted by Crippen LogP contribution is -2.26. The van der Waals surface area contributed by atoms with E-state index in [1.807, 2.05) is 71.7 Å². The Morgan fingerprint density at radius 1 is 0.895 bits per heavy atom. The fourth-order valence-electron chi connectivity index (χ4n) is 4.82. The van der Waals surface area contributed by atoms with Gasteiger partial charge in [0.05, 0.1) is 30.9 Å². The SMILES string of the molecule is COc1ccc(C2CC(c3ccc4ccccc4c3)=NN2C2=NC(=O)S/C2=C\c2ccccc2OC)cc1. The molecule has 6 rings (SSSR count). The van der Waals surface area contributed by atoms with E-state index in [4.69, 9.17) is 14.6 Å². The van der Waals surface area contributed by atoms with Gasteiger partial charge in [-0.05, 0) is 64.0 Å². The minimum atomic E-state index is -0.260. The molecule has 1 unspecified atom stereocenters. The molecule has 0 saturated heterocycles. The summed E-state index contributed by atoms with van der Waals surface area (Å²) in [5.41, 5.74) is 3.94. The van der Waals surface area contributed by atoms with Crippen molar-refractivity contribution in [1.82, 2.24) is 5.01 Å². The Labute approximate surface area is 225 Å². The Morgan fingerprint density at radius 2 is 1.66 bits per heavy atom. The van der Waals surface area contributed by atoms with Gasteiger partial charge in [-0.2, -0.15) is 10.1 Å². The molecule has 38 heavy (non-hydrogen) atoms. The number of rotatable bonds is 5. The van der Waals surface area contributed by atoms with Gasteiger partial charge >= 0.3 is 5.24 Å². The van der Waals surface area contributed by atoms with Crippen molar-refractivity contribution in [3.8, 4) is 11.5 Å². The number of nitrogens with zero attached hydrogens (tertiary/aromatic N) is 3. The number of aliphatic imine (C=N–C) groups is 1. The van der Waals surface area contributed by atoms with Crippen LogP contribution in [0.15, 0.2) is 106 Å². The van der Waals surface area contributed by atoms with Gasteiger partial charge in [0.15, 0.2) is 5.84 Å². The van der Waals surface area contributed by atoms with Crippen LogP contribution in [0.5, 0.6) is 11.5 Å². The Hall–Kier alpha value is -4.36. The molecule has 188 valence electrons. The number of para-hydroxylation sites is 1. The molecule has 0 spiro atoms. The summed E-state index contributed by atoms with van der Waals surface area (Å²) in [5, 5.41) is 9.04. The van der Waals surface area contributed by atoms with Crippen LogP contribution >= 0.6 is 11.8 Å². The maximum atomic E-state index is 12.6. The quantitative estimate of drug-likeness (QED) is 0.277. The first-order valence-electron chi connectivity index (χ1n) is 12.3. The summed E-state index contributed by atoms with van der Waals surface area (Å²) in [4.78, 5) is 17.8. The van der Waals surface area contributed by atoms with Gasteiger partial charge in [0, 0.05) is 12.0 Å². The minimum Gasteiger partial charge on any atom is -0.497 e. The van der Waals surface area contributed by atoms with E-state index in [1.165, 1.54) is 5.39 Å². The maximum Gasteiger partial charge on any atom is 0.311 e. The molecule has 0 aliphatic carbocycles. The van der Waals surface area contributed by atoms with Crippen molar-refractivity contribution in [1.29, 1.82) is 0 Å². The number of hydrazone groups is 1. The first-order chi connectivity index (χ1) is 18.6. The summed E-state index contributed by atoms with van der Waals surface area (Å²) >= 11 is 1.11. The number of carbonyl (C=O) groups is 1. The van der Waals surface area contributed by atoms with Crippen molar-refractivity contribution in [2.75, 3.05) is 14.2 Å². The predicted octanol–water partition coefficient (Wildman–Crippen LogP) is 7.31. The third kappa shape index (κ3) is 4.57. The number of amides is 1. The van der Waals surface area contributed by atoms with Gasteiger partial charge < -0.3 is 9.47 Å². The highest BCUT2D eigenvalue weighted by Gasteiger charge is 2.37. The third-order valence-corrected chi connectivity index (χ3v) is 7.54. The monoisotopic (exact) mass is 519 g/mol. The summed E-state index contributed by atoms with van der Waals surface area (Å²) in [6.07, 6.45) is 2.62. The van der Waals surface area contributed by atoms with Crippen LogP contribution in [0.3, 0.4) is 0 Å². The zero-order valence-electron chi connectivity index (χ0n) is 21.0. The van der Waals surface area contributed by atoms with E-state index in [9.17, 15) is 4.79 Å². The molecule has 1 amide bonds. The van der Waals surface area contributed by atoms with E-state index in [1.54, 1.807) is 14.2 Å². The third-order valence-electron chi connectivity index (χ3n) is 6.75. The second-order valence-corrected chi connectivity index (χ2v) is 9.99. The fraction of sp³-hybridized carbons (Fsp3) is 0.129. The number of benzene rings is 4. The molecule has 0 saturated carbocycles. The van der Waals surface area contributed by atoms with Gasteiger partial charge in [-0.3, -0.25) is 4.79 Å². The highest BCUT2D eigenvalue weighted by molar-refractivity contribution is 8.18. The van der Waals surface area contributed by atoms with Gasteiger partial charge in [0.1, 0.15) is 11.5 Å². The molecular weight excluding hydrogens is 494 g/mol. The molecule has 4 aromatic rings. The Bertz CT molecular complexity index is 1630. The highest BCUT2D eigenvalue weighted by atomic mass is 32.2. The molecule has 0 aromatic heterocycles. The molecular formula is C31H25N3O3S. The van der Waals surface area contributed by atoms with Crippen molar-refractivity contribution < 1.29 is 14.3 Å². The maximum absolute atomic E-state index is 12.6. The second kappa shape index (κ2) is 10.2. The van der Waals surface area contributed by atoms with Crippen LogP contribution in [0.1, 0.15) is 29.2 Å². The van der Waals surface area contributed by atoms with Crippen molar-refractivity contribution >= 4 is 45.4 Å².